The summed E-state index contributed by atoms with van der Waals surface area (Å²) in [5.74, 6) is -0.386. The fourth-order valence-electron chi connectivity index (χ4n) is 2.70. The molecule has 2 aromatic carbocycles. The highest BCUT2D eigenvalue weighted by atomic mass is 32.2. The molecule has 1 saturated heterocycles. The molecular weight excluding hydrogens is 331 g/mol. The number of nitrogens with one attached hydrogen (secondary N) is 1. The van der Waals surface area contributed by atoms with Gasteiger partial charge >= 0.3 is 6.03 Å². The summed E-state index contributed by atoms with van der Waals surface area (Å²) in [6, 6.07) is 13.3. The molecule has 1 N–H and O–H groups in total. The van der Waals surface area contributed by atoms with Gasteiger partial charge in [-0.05, 0) is 42.8 Å². The van der Waals surface area contributed by atoms with E-state index in [2.05, 4.69) is 5.32 Å². The number of carbonyl (C=O) groups is 1. The Morgan fingerprint density at radius 2 is 1.75 bits per heavy atom. The van der Waals surface area contributed by atoms with Gasteiger partial charge in [-0.15, -0.1) is 0 Å². The van der Waals surface area contributed by atoms with Crippen molar-refractivity contribution in [2.75, 3.05) is 18.4 Å². The first-order chi connectivity index (χ1) is 11.5. The van der Waals surface area contributed by atoms with E-state index in [1.54, 1.807) is 30.3 Å². The monoisotopic (exact) mass is 348 g/mol. The van der Waals surface area contributed by atoms with Gasteiger partial charge in [0.1, 0.15) is 5.82 Å². The van der Waals surface area contributed by atoms with Crippen molar-refractivity contribution in [3.05, 3.63) is 60.4 Å². The highest BCUT2D eigenvalue weighted by Crippen LogP contribution is 2.24. The van der Waals surface area contributed by atoms with Crippen molar-refractivity contribution in [1.82, 2.24) is 4.90 Å². The van der Waals surface area contributed by atoms with E-state index in [4.69, 9.17) is 0 Å². The van der Waals surface area contributed by atoms with E-state index in [1.807, 2.05) is 0 Å². The summed E-state index contributed by atoms with van der Waals surface area (Å²) in [7, 11) is -3.45. The molecule has 1 atom stereocenters. The van der Waals surface area contributed by atoms with Crippen molar-refractivity contribution in [2.24, 2.45) is 0 Å². The van der Waals surface area contributed by atoms with Gasteiger partial charge < -0.3 is 10.2 Å². The molecule has 1 aliphatic rings. The van der Waals surface area contributed by atoms with E-state index >= 15 is 0 Å². The van der Waals surface area contributed by atoms with Crippen molar-refractivity contribution >= 4 is 21.6 Å². The van der Waals surface area contributed by atoms with Crippen LogP contribution >= 0.6 is 0 Å². The molecule has 24 heavy (non-hydrogen) atoms. The van der Waals surface area contributed by atoms with Gasteiger partial charge in [0.25, 0.3) is 0 Å². The third kappa shape index (κ3) is 3.41. The first-order valence-corrected chi connectivity index (χ1v) is 9.12. The summed E-state index contributed by atoms with van der Waals surface area (Å²) in [5.41, 5.74) is 0.468. The summed E-state index contributed by atoms with van der Waals surface area (Å²) in [6.07, 6.45) is 0.397. The van der Waals surface area contributed by atoms with E-state index in [0.29, 0.717) is 18.7 Å². The average Bonchev–Trinajstić information content (AvgIpc) is 3.09. The lowest BCUT2D eigenvalue weighted by atomic mass is 10.3. The molecule has 3 rings (SSSR count). The largest absolute Gasteiger partial charge is 0.323 e. The van der Waals surface area contributed by atoms with Gasteiger partial charge in [-0.3, -0.25) is 0 Å². The zero-order valence-electron chi connectivity index (χ0n) is 12.9. The summed E-state index contributed by atoms with van der Waals surface area (Å²) in [6.45, 7) is 0.508. The Labute approximate surface area is 140 Å². The number of carbonyl (C=O) groups excluding carboxylic acids is 1. The molecule has 7 heteroatoms. The molecule has 1 heterocycles. The first-order valence-electron chi connectivity index (χ1n) is 7.57. The minimum atomic E-state index is -3.45. The van der Waals surface area contributed by atoms with Crippen molar-refractivity contribution in [3.8, 4) is 0 Å². The SMILES string of the molecule is O=C(Nc1ccc(F)cc1)N1CC[C@@H](S(=O)(=O)c2ccccc2)C1. The van der Waals surface area contributed by atoms with Crippen molar-refractivity contribution in [1.29, 1.82) is 0 Å². The van der Waals surface area contributed by atoms with Crippen LogP contribution in [0.3, 0.4) is 0 Å². The predicted molar refractivity (Wildman–Crippen MR) is 89.0 cm³/mol. The first kappa shape index (κ1) is 16.4. The zero-order chi connectivity index (χ0) is 17.2. The second-order valence-electron chi connectivity index (χ2n) is 5.65. The van der Waals surface area contributed by atoms with Crippen LogP contribution in [0, 0.1) is 5.82 Å². The number of anilines is 1. The molecule has 0 radical (unpaired) electrons. The van der Waals surface area contributed by atoms with Gasteiger partial charge in [-0.1, -0.05) is 18.2 Å². The number of rotatable bonds is 3. The molecule has 2 amide bonds. The molecule has 126 valence electrons. The van der Waals surface area contributed by atoms with Crippen LogP contribution in [-0.2, 0) is 9.84 Å². The molecule has 0 bridgehead atoms. The second-order valence-corrected chi connectivity index (χ2v) is 7.88. The summed E-state index contributed by atoms with van der Waals surface area (Å²) in [5, 5.41) is 2.04. The number of nitrogens with zero attached hydrogens (tertiary/aromatic N) is 1. The van der Waals surface area contributed by atoms with Gasteiger partial charge in [-0.25, -0.2) is 17.6 Å². The van der Waals surface area contributed by atoms with Gasteiger partial charge in [0.15, 0.2) is 9.84 Å². The van der Waals surface area contributed by atoms with Gasteiger partial charge in [0, 0.05) is 18.8 Å². The molecule has 0 spiro atoms. The normalized spacial score (nSPS) is 17.7. The molecule has 1 fully saturated rings. The van der Waals surface area contributed by atoms with E-state index in [9.17, 15) is 17.6 Å². The topological polar surface area (TPSA) is 66.5 Å². The molecule has 5 nitrogen and oxygen atoms in total. The second kappa shape index (κ2) is 6.60. The Balaban J connectivity index is 1.66. The third-order valence-electron chi connectivity index (χ3n) is 4.04. The van der Waals surface area contributed by atoms with E-state index in [0.717, 1.165) is 0 Å². The standard InChI is InChI=1S/C17H17FN2O3S/c18-13-6-8-14(9-7-13)19-17(21)20-11-10-16(12-20)24(22,23)15-4-2-1-3-5-15/h1-9,16H,10-12H2,(H,19,21)/t16-/m1/s1. The highest BCUT2D eigenvalue weighted by Gasteiger charge is 2.36. The zero-order valence-corrected chi connectivity index (χ0v) is 13.7. The third-order valence-corrected chi connectivity index (χ3v) is 6.23. The molecule has 0 unspecified atom stereocenters. The average molecular weight is 348 g/mol. The van der Waals surface area contributed by atoms with E-state index < -0.39 is 15.1 Å². The number of amides is 2. The number of likely N-dealkylation sites (tertiary alicyclic amines) is 1. The van der Waals surface area contributed by atoms with Crippen molar-refractivity contribution < 1.29 is 17.6 Å². The summed E-state index contributed by atoms with van der Waals surface area (Å²) in [4.78, 5) is 14.0. The van der Waals surface area contributed by atoms with Crippen LogP contribution in [0.4, 0.5) is 14.9 Å². The fourth-order valence-corrected chi connectivity index (χ4v) is 4.42. The maximum atomic E-state index is 12.9. The van der Waals surface area contributed by atoms with Crippen LogP contribution in [0.5, 0.6) is 0 Å². The Kier molecular flexibility index (Phi) is 4.53. The van der Waals surface area contributed by atoms with Crippen LogP contribution < -0.4 is 5.32 Å². The maximum absolute atomic E-state index is 12.9. The smallest absolute Gasteiger partial charge is 0.321 e. The van der Waals surface area contributed by atoms with E-state index in [-0.39, 0.29) is 23.3 Å². The molecule has 2 aromatic rings. The van der Waals surface area contributed by atoms with Crippen molar-refractivity contribution in [2.45, 2.75) is 16.6 Å². The Morgan fingerprint density at radius 3 is 2.42 bits per heavy atom. The minimum absolute atomic E-state index is 0.143. The van der Waals surface area contributed by atoms with Gasteiger partial charge in [0.05, 0.1) is 10.1 Å². The number of hydrogen-bond acceptors (Lipinski definition) is 3. The Hall–Kier alpha value is -2.41. The number of sulfone groups is 1. The van der Waals surface area contributed by atoms with Gasteiger partial charge in [0.2, 0.25) is 0 Å². The molecule has 0 aliphatic carbocycles. The van der Waals surface area contributed by atoms with Crippen LogP contribution in [0.1, 0.15) is 6.42 Å². The Morgan fingerprint density at radius 1 is 1.08 bits per heavy atom. The van der Waals surface area contributed by atoms with Crippen LogP contribution in [0.15, 0.2) is 59.5 Å². The van der Waals surface area contributed by atoms with Crippen LogP contribution in [0.2, 0.25) is 0 Å². The number of urea groups is 1. The number of halogens is 1. The van der Waals surface area contributed by atoms with Crippen LogP contribution in [0.25, 0.3) is 0 Å². The number of hydrogen-bond donors (Lipinski definition) is 1. The van der Waals surface area contributed by atoms with Crippen molar-refractivity contribution in [3.63, 3.8) is 0 Å². The quantitative estimate of drug-likeness (QED) is 0.927. The molecule has 0 aromatic heterocycles. The lowest BCUT2D eigenvalue weighted by Gasteiger charge is -2.17. The molecule has 1 aliphatic heterocycles. The maximum Gasteiger partial charge on any atom is 0.321 e. The lowest BCUT2D eigenvalue weighted by Crippen LogP contribution is -2.35. The fraction of sp³-hybridized carbons (Fsp3) is 0.235. The predicted octanol–water partition coefficient (Wildman–Crippen LogP) is 2.91. The molecular formula is C17H17FN2O3S. The van der Waals surface area contributed by atoms with Crippen LogP contribution in [-0.4, -0.2) is 37.7 Å². The summed E-state index contributed by atoms with van der Waals surface area (Å²) >= 11 is 0. The number of benzene rings is 2. The molecule has 0 saturated carbocycles. The minimum Gasteiger partial charge on any atom is -0.323 e. The highest BCUT2D eigenvalue weighted by molar-refractivity contribution is 7.92. The van der Waals surface area contributed by atoms with E-state index in [1.165, 1.54) is 29.2 Å². The summed E-state index contributed by atoms with van der Waals surface area (Å²) < 4.78 is 38.1. The van der Waals surface area contributed by atoms with Gasteiger partial charge in [-0.2, -0.15) is 0 Å². The Bertz CT molecular complexity index is 823. The lowest BCUT2D eigenvalue weighted by molar-refractivity contribution is 0.222.